The van der Waals surface area contributed by atoms with Crippen molar-refractivity contribution in [2.45, 2.75) is 0 Å². The molecule has 4 rings (SSSR count). The van der Waals surface area contributed by atoms with Crippen molar-refractivity contribution >= 4 is 11.5 Å². The van der Waals surface area contributed by atoms with E-state index in [-0.39, 0.29) is 5.56 Å². The second-order valence-electron chi connectivity index (χ2n) is 6.14. The maximum atomic E-state index is 12.6. The smallest absolute Gasteiger partial charge is 0.340 e. The van der Waals surface area contributed by atoms with Crippen molar-refractivity contribution < 1.29 is 9.53 Å². The lowest BCUT2D eigenvalue weighted by Crippen LogP contribution is -2.16. The van der Waals surface area contributed by atoms with Gasteiger partial charge in [0, 0.05) is 23.4 Å². The summed E-state index contributed by atoms with van der Waals surface area (Å²) in [6.07, 6.45) is 1.57. The van der Waals surface area contributed by atoms with Gasteiger partial charge >= 0.3 is 5.97 Å². The molecule has 27 heavy (non-hydrogen) atoms. The molecule has 0 aliphatic heterocycles. The number of aromatic nitrogens is 1. The quantitative estimate of drug-likeness (QED) is 0.511. The minimum Gasteiger partial charge on any atom is -0.465 e. The predicted octanol–water partition coefficient (Wildman–Crippen LogP) is 4.42. The lowest BCUT2D eigenvalue weighted by molar-refractivity contribution is 0.0601. The first-order chi connectivity index (χ1) is 13.2. The third kappa shape index (κ3) is 2.91. The number of rotatable bonds is 3. The first-order valence-electron chi connectivity index (χ1n) is 8.58. The number of pyridine rings is 2. The van der Waals surface area contributed by atoms with Crippen LogP contribution in [0, 0.1) is 0 Å². The number of fused-ring (bicyclic) bond motifs is 1. The zero-order valence-corrected chi connectivity index (χ0v) is 14.8. The summed E-state index contributed by atoms with van der Waals surface area (Å²) < 4.78 is 6.52. The van der Waals surface area contributed by atoms with Gasteiger partial charge in [-0.05, 0) is 17.2 Å². The molecule has 4 nitrogen and oxygen atoms in total. The van der Waals surface area contributed by atoms with Crippen molar-refractivity contribution in [2.75, 3.05) is 7.11 Å². The van der Waals surface area contributed by atoms with Gasteiger partial charge in [0.2, 0.25) is 0 Å². The van der Waals surface area contributed by atoms with Gasteiger partial charge in [0.05, 0.1) is 18.2 Å². The van der Waals surface area contributed by atoms with Crippen molar-refractivity contribution in [1.29, 1.82) is 0 Å². The lowest BCUT2D eigenvalue weighted by atomic mass is 9.90. The molecule has 2 aromatic heterocycles. The number of benzene rings is 2. The van der Waals surface area contributed by atoms with Crippen LogP contribution in [0.1, 0.15) is 10.4 Å². The Morgan fingerprint density at radius 1 is 0.778 bits per heavy atom. The van der Waals surface area contributed by atoms with E-state index in [0.29, 0.717) is 5.56 Å². The summed E-state index contributed by atoms with van der Waals surface area (Å²) in [6, 6.07) is 24.5. The molecule has 0 bridgehead atoms. The molecule has 4 heteroatoms. The fraction of sp³-hybridized carbons (Fsp3) is 0.0435. The fourth-order valence-electron chi connectivity index (χ4n) is 3.36. The molecular weight excluding hydrogens is 338 g/mol. The third-order valence-corrected chi connectivity index (χ3v) is 4.55. The van der Waals surface area contributed by atoms with Gasteiger partial charge in [0.1, 0.15) is 0 Å². The highest BCUT2D eigenvalue weighted by Crippen LogP contribution is 2.38. The molecule has 0 unspecified atom stereocenters. The second kappa shape index (κ2) is 6.92. The number of nitrogens with zero attached hydrogens (tertiary/aromatic N) is 1. The molecule has 4 aromatic rings. The van der Waals surface area contributed by atoms with Gasteiger partial charge in [-0.2, -0.15) is 0 Å². The van der Waals surface area contributed by atoms with E-state index in [4.69, 9.17) is 4.74 Å². The van der Waals surface area contributed by atoms with Crippen LogP contribution in [0.15, 0.2) is 89.9 Å². The van der Waals surface area contributed by atoms with Crippen molar-refractivity contribution in [1.82, 2.24) is 4.40 Å². The molecule has 0 aliphatic carbocycles. The predicted molar refractivity (Wildman–Crippen MR) is 106 cm³/mol. The Morgan fingerprint density at radius 2 is 1.37 bits per heavy atom. The molecule has 0 atom stereocenters. The zero-order chi connectivity index (χ0) is 18.8. The summed E-state index contributed by atoms with van der Waals surface area (Å²) in [5.41, 5.74) is 4.26. The van der Waals surface area contributed by atoms with Crippen LogP contribution < -0.4 is 5.56 Å². The summed E-state index contributed by atoms with van der Waals surface area (Å²) in [6.45, 7) is 0. The number of hydrogen-bond acceptors (Lipinski definition) is 3. The van der Waals surface area contributed by atoms with E-state index in [0.717, 1.165) is 27.8 Å². The summed E-state index contributed by atoms with van der Waals surface area (Å²) in [7, 11) is 1.34. The van der Waals surface area contributed by atoms with Gasteiger partial charge in [-0.15, -0.1) is 0 Å². The second-order valence-corrected chi connectivity index (χ2v) is 6.14. The number of carbonyl (C=O) groups is 1. The van der Waals surface area contributed by atoms with Crippen LogP contribution in [0.5, 0.6) is 0 Å². The molecule has 2 heterocycles. The highest BCUT2D eigenvalue weighted by molar-refractivity contribution is 6.05. The van der Waals surface area contributed by atoms with Crippen LogP contribution in [-0.2, 0) is 4.74 Å². The summed E-state index contributed by atoms with van der Waals surface area (Å²) in [5.74, 6) is -0.483. The molecule has 0 amide bonds. The Kier molecular flexibility index (Phi) is 4.30. The molecular formula is C23H17NO3. The standard InChI is InChI=1S/C23H17NO3/c1-27-23(26)18-15-24-19(13-8-14-20(24)25)22(17-11-6-3-7-12-17)21(18)16-9-4-2-5-10-16/h2-15H,1H3. The normalized spacial score (nSPS) is 10.7. The maximum Gasteiger partial charge on any atom is 0.340 e. The lowest BCUT2D eigenvalue weighted by Gasteiger charge is -2.18. The van der Waals surface area contributed by atoms with Crippen molar-refractivity contribution in [3.63, 3.8) is 0 Å². The third-order valence-electron chi connectivity index (χ3n) is 4.55. The van der Waals surface area contributed by atoms with Gasteiger partial charge in [-0.25, -0.2) is 4.79 Å². The van der Waals surface area contributed by atoms with Crippen molar-refractivity contribution in [2.24, 2.45) is 0 Å². The summed E-state index contributed by atoms with van der Waals surface area (Å²) in [4.78, 5) is 25.1. The molecule has 0 radical (unpaired) electrons. The Hall–Kier alpha value is -3.66. The van der Waals surface area contributed by atoms with E-state index < -0.39 is 5.97 Å². The average Bonchev–Trinajstić information content (AvgIpc) is 2.73. The minimum atomic E-state index is -0.483. The van der Waals surface area contributed by atoms with E-state index in [1.807, 2.05) is 66.7 Å². The Balaban J connectivity index is 2.24. The SMILES string of the molecule is COC(=O)c1cn2c(=O)cccc2c(-c2ccccc2)c1-c1ccccc1. The monoisotopic (exact) mass is 355 g/mol. The van der Waals surface area contributed by atoms with Crippen LogP contribution in [0.3, 0.4) is 0 Å². The van der Waals surface area contributed by atoms with Gasteiger partial charge < -0.3 is 4.74 Å². The highest BCUT2D eigenvalue weighted by atomic mass is 16.5. The molecule has 132 valence electrons. The average molecular weight is 355 g/mol. The Labute approximate surface area is 156 Å². The number of esters is 1. The molecule has 0 saturated heterocycles. The van der Waals surface area contributed by atoms with Gasteiger partial charge in [0.25, 0.3) is 5.56 Å². The largest absolute Gasteiger partial charge is 0.465 e. The first kappa shape index (κ1) is 16.8. The number of carbonyl (C=O) groups excluding carboxylic acids is 1. The number of ether oxygens (including phenoxy) is 1. The van der Waals surface area contributed by atoms with Crippen LogP contribution in [0.2, 0.25) is 0 Å². The molecule has 0 fully saturated rings. The Bertz CT molecular complexity index is 1180. The maximum absolute atomic E-state index is 12.6. The number of methoxy groups -OCH3 is 1. The van der Waals surface area contributed by atoms with Gasteiger partial charge in [0.15, 0.2) is 0 Å². The van der Waals surface area contributed by atoms with E-state index in [1.165, 1.54) is 17.6 Å². The molecule has 2 aromatic carbocycles. The van der Waals surface area contributed by atoms with E-state index in [9.17, 15) is 9.59 Å². The molecule has 0 saturated carbocycles. The summed E-state index contributed by atoms with van der Waals surface area (Å²) in [5, 5.41) is 0. The molecule has 0 aliphatic rings. The van der Waals surface area contributed by atoms with E-state index >= 15 is 0 Å². The van der Waals surface area contributed by atoms with Crippen molar-refractivity contribution in [3.8, 4) is 22.3 Å². The van der Waals surface area contributed by atoms with Crippen LogP contribution in [0.25, 0.3) is 27.8 Å². The van der Waals surface area contributed by atoms with Crippen LogP contribution >= 0.6 is 0 Å². The van der Waals surface area contributed by atoms with Crippen LogP contribution in [0.4, 0.5) is 0 Å². The summed E-state index contributed by atoms with van der Waals surface area (Å²) >= 11 is 0. The topological polar surface area (TPSA) is 47.8 Å². The van der Waals surface area contributed by atoms with Gasteiger partial charge in [-0.1, -0.05) is 66.7 Å². The van der Waals surface area contributed by atoms with Crippen LogP contribution in [-0.4, -0.2) is 17.5 Å². The molecule has 0 N–H and O–H groups in total. The molecule has 0 spiro atoms. The van der Waals surface area contributed by atoms with Gasteiger partial charge in [-0.3, -0.25) is 9.20 Å². The van der Waals surface area contributed by atoms with E-state index in [2.05, 4.69) is 0 Å². The number of hydrogen-bond donors (Lipinski definition) is 0. The van der Waals surface area contributed by atoms with E-state index in [1.54, 1.807) is 12.3 Å². The fourth-order valence-corrected chi connectivity index (χ4v) is 3.36. The highest BCUT2D eigenvalue weighted by Gasteiger charge is 2.22. The first-order valence-corrected chi connectivity index (χ1v) is 8.58. The minimum absolute atomic E-state index is 0.200. The zero-order valence-electron chi connectivity index (χ0n) is 14.8. The Morgan fingerprint density at radius 3 is 1.96 bits per heavy atom. The van der Waals surface area contributed by atoms with Crippen molar-refractivity contribution in [3.05, 3.63) is 101 Å².